The number of carboxylic acids is 1. The first-order valence-electron chi connectivity index (χ1n) is 4.54. The number of furan rings is 2. The number of carboxylic acid groups (broad SMARTS) is 1. The molecule has 1 atom stereocenters. The second-order valence-electron chi connectivity index (χ2n) is 3.25. The van der Waals surface area contributed by atoms with Crippen LogP contribution in [0.1, 0.15) is 34.7 Å². The Balaban J connectivity index is 2.37. The van der Waals surface area contributed by atoms with Crippen molar-refractivity contribution in [2.75, 3.05) is 0 Å². The third-order valence-electron chi connectivity index (χ3n) is 2.33. The van der Waals surface area contributed by atoms with Gasteiger partial charge in [-0.05, 0) is 18.2 Å². The Hall–Kier alpha value is -1.97. The Bertz CT molecular complexity index is 453. The van der Waals surface area contributed by atoms with Crippen LogP contribution in [0.25, 0.3) is 0 Å². The standard InChI is InChI=1S/C11H10O4/c1-7(9-3-2-5-14-9)8-4-6-15-10(8)11(12)13/h2-7H,1H3,(H,12,13). The SMILES string of the molecule is CC(c1ccco1)c1ccoc1C(=O)O. The van der Waals surface area contributed by atoms with Crippen molar-refractivity contribution >= 4 is 5.97 Å². The first-order valence-corrected chi connectivity index (χ1v) is 4.54. The predicted octanol–water partition coefficient (Wildman–Crippen LogP) is 2.72. The van der Waals surface area contributed by atoms with E-state index in [1.165, 1.54) is 6.26 Å². The molecule has 0 bridgehead atoms. The molecule has 4 nitrogen and oxygen atoms in total. The molecule has 0 spiro atoms. The van der Waals surface area contributed by atoms with Crippen LogP contribution in [0.5, 0.6) is 0 Å². The van der Waals surface area contributed by atoms with Gasteiger partial charge in [-0.25, -0.2) is 4.79 Å². The van der Waals surface area contributed by atoms with Gasteiger partial charge in [0, 0.05) is 11.5 Å². The quantitative estimate of drug-likeness (QED) is 0.838. The molecule has 0 aromatic carbocycles. The number of carbonyl (C=O) groups is 1. The van der Waals surface area contributed by atoms with E-state index in [9.17, 15) is 4.79 Å². The van der Waals surface area contributed by atoms with Gasteiger partial charge in [0.1, 0.15) is 5.76 Å². The van der Waals surface area contributed by atoms with Crippen molar-refractivity contribution < 1.29 is 18.7 Å². The van der Waals surface area contributed by atoms with Gasteiger partial charge in [-0.15, -0.1) is 0 Å². The highest BCUT2D eigenvalue weighted by Gasteiger charge is 2.21. The second kappa shape index (κ2) is 3.65. The second-order valence-corrected chi connectivity index (χ2v) is 3.25. The average molecular weight is 206 g/mol. The lowest BCUT2D eigenvalue weighted by atomic mass is 9.99. The smallest absolute Gasteiger partial charge is 0.372 e. The van der Waals surface area contributed by atoms with E-state index >= 15 is 0 Å². The van der Waals surface area contributed by atoms with E-state index < -0.39 is 5.97 Å². The first kappa shape index (κ1) is 9.58. The van der Waals surface area contributed by atoms with Crippen molar-refractivity contribution in [2.24, 2.45) is 0 Å². The van der Waals surface area contributed by atoms with Crippen molar-refractivity contribution in [3.05, 3.63) is 47.8 Å². The van der Waals surface area contributed by atoms with Crippen molar-refractivity contribution in [1.82, 2.24) is 0 Å². The number of rotatable bonds is 3. The summed E-state index contributed by atoms with van der Waals surface area (Å²) in [5.41, 5.74) is 0.623. The van der Waals surface area contributed by atoms with E-state index in [0.29, 0.717) is 5.56 Å². The number of hydrogen-bond donors (Lipinski definition) is 1. The maximum Gasteiger partial charge on any atom is 0.372 e. The summed E-state index contributed by atoms with van der Waals surface area (Å²) in [6.07, 6.45) is 2.94. The third kappa shape index (κ3) is 1.66. The molecule has 2 rings (SSSR count). The van der Waals surface area contributed by atoms with Crippen LogP contribution in [0.2, 0.25) is 0 Å². The van der Waals surface area contributed by atoms with Gasteiger partial charge in [0.25, 0.3) is 0 Å². The monoisotopic (exact) mass is 206 g/mol. The minimum Gasteiger partial charge on any atom is -0.475 e. The molecule has 2 aromatic rings. The zero-order valence-electron chi connectivity index (χ0n) is 8.14. The Morgan fingerprint density at radius 3 is 2.73 bits per heavy atom. The van der Waals surface area contributed by atoms with Crippen molar-refractivity contribution in [3.63, 3.8) is 0 Å². The van der Waals surface area contributed by atoms with E-state index in [4.69, 9.17) is 13.9 Å². The van der Waals surface area contributed by atoms with Gasteiger partial charge in [0.05, 0.1) is 12.5 Å². The number of aromatic carboxylic acids is 1. The maximum atomic E-state index is 10.8. The summed E-state index contributed by atoms with van der Waals surface area (Å²) in [4.78, 5) is 10.8. The van der Waals surface area contributed by atoms with Gasteiger partial charge < -0.3 is 13.9 Å². The van der Waals surface area contributed by atoms with Crippen LogP contribution in [0.4, 0.5) is 0 Å². The van der Waals surface area contributed by atoms with Crippen molar-refractivity contribution in [1.29, 1.82) is 0 Å². The highest BCUT2D eigenvalue weighted by Crippen LogP contribution is 2.27. The molecule has 1 unspecified atom stereocenters. The van der Waals surface area contributed by atoms with E-state index in [1.54, 1.807) is 18.4 Å². The van der Waals surface area contributed by atoms with Crippen LogP contribution >= 0.6 is 0 Å². The van der Waals surface area contributed by atoms with Gasteiger partial charge in [-0.3, -0.25) is 0 Å². The van der Waals surface area contributed by atoms with Gasteiger partial charge in [0.15, 0.2) is 0 Å². The lowest BCUT2D eigenvalue weighted by molar-refractivity contribution is 0.0660. The fraction of sp³-hybridized carbons (Fsp3) is 0.182. The largest absolute Gasteiger partial charge is 0.475 e. The van der Waals surface area contributed by atoms with Crippen LogP contribution in [0.3, 0.4) is 0 Å². The molecule has 2 heterocycles. The predicted molar refractivity (Wildman–Crippen MR) is 51.9 cm³/mol. The summed E-state index contributed by atoms with van der Waals surface area (Å²) in [5, 5.41) is 8.88. The van der Waals surface area contributed by atoms with Crippen molar-refractivity contribution in [2.45, 2.75) is 12.8 Å². The molecule has 0 aliphatic carbocycles. The molecular weight excluding hydrogens is 196 g/mol. The average Bonchev–Trinajstić information content (AvgIpc) is 2.88. The zero-order valence-corrected chi connectivity index (χ0v) is 8.14. The molecule has 1 N–H and O–H groups in total. The van der Waals surface area contributed by atoms with Gasteiger partial charge >= 0.3 is 5.97 Å². The summed E-state index contributed by atoms with van der Waals surface area (Å²) in [6.45, 7) is 1.87. The fourth-order valence-corrected chi connectivity index (χ4v) is 1.52. The molecule has 15 heavy (non-hydrogen) atoms. The molecule has 78 valence electrons. The van der Waals surface area contributed by atoms with E-state index in [1.807, 2.05) is 13.0 Å². The van der Waals surface area contributed by atoms with Crippen LogP contribution in [0.15, 0.2) is 39.6 Å². The lowest BCUT2D eigenvalue weighted by Crippen LogP contribution is -2.02. The van der Waals surface area contributed by atoms with E-state index in [-0.39, 0.29) is 11.7 Å². The summed E-state index contributed by atoms with van der Waals surface area (Å²) in [7, 11) is 0. The maximum absolute atomic E-state index is 10.8. The Kier molecular flexibility index (Phi) is 2.33. The molecule has 0 radical (unpaired) electrons. The minimum atomic E-state index is -1.06. The summed E-state index contributed by atoms with van der Waals surface area (Å²) >= 11 is 0. The zero-order chi connectivity index (χ0) is 10.8. The van der Waals surface area contributed by atoms with E-state index in [0.717, 1.165) is 5.76 Å². The Labute approximate surface area is 86.1 Å². The van der Waals surface area contributed by atoms with E-state index in [2.05, 4.69) is 0 Å². The van der Waals surface area contributed by atoms with Crippen LogP contribution in [0, 0.1) is 0 Å². The van der Waals surface area contributed by atoms with Gasteiger partial charge in [0.2, 0.25) is 5.76 Å². The molecule has 0 aliphatic heterocycles. The Morgan fingerprint density at radius 1 is 1.33 bits per heavy atom. The molecule has 4 heteroatoms. The van der Waals surface area contributed by atoms with Gasteiger partial charge in [-0.1, -0.05) is 6.92 Å². The molecule has 0 saturated carbocycles. The minimum absolute atomic E-state index is 0.0288. The van der Waals surface area contributed by atoms with Gasteiger partial charge in [-0.2, -0.15) is 0 Å². The molecule has 0 fully saturated rings. The topological polar surface area (TPSA) is 63.6 Å². The van der Waals surface area contributed by atoms with Crippen molar-refractivity contribution in [3.8, 4) is 0 Å². The van der Waals surface area contributed by atoms with Crippen LogP contribution in [-0.2, 0) is 0 Å². The highest BCUT2D eigenvalue weighted by molar-refractivity contribution is 5.86. The fourth-order valence-electron chi connectivity index (χ4n) is 1.52. The highest BCUT2D eigenvalue weighted by atomic mass is 16.4. The molecule has 2 aromatic heterocycles. The third-order valence-corrected chi connectivity index (χ3v) is 2.33. The first-order chi connectivity index (χ1) is 7.20. The summed E-state index contributed by atoms with van der Waals surface area (Å²) in [5.74, 6) is -0.490. The summed E-state index contributed by atoms with van der Waals surface area (Å²) < 4.78 is 10.1. The molecule has 0 aliphatic rings. The van der Waals surface area contributed by atoms with Crippen LogP contribution in [-0.4, -0.2) is 11.1 Å². The lowest BCUT2D eigenvalue weighted by Gasteiger charge is -2.06. The van der Waals surface area contributed by atoms with Crippen LogP contribution < -0.4 is 0 Å². The number of hydrogen-bond acceptors (Lipinski definition) is 3. The summed E-state index contributed by atoms with van der Waals surface area (Å²) in [6, 6.07) is 5.23. The molecule has 0 amide bonds. The Morgan fingerprint density at radius 2 is 2.13 bits per heavy atom. The normalized spacial score (nSPS) is 12.6. The molecule has 0 saturated heterocycles. The molecular formula is C11H10O4.